The molecule has 1 aromatic heterocycles. The van der Waals surface area contributed by atoms with E-state index in [2.05, 4.69) is 9.97 Å². The number of rotatable bonds is 1. The first-order valence-electron chi connectivity index (χ1n) is 4.85. The molecule has 2 rings (SSSR count). The predicted octanol–water partition coefficient (Wildman–Crippen LogP) is 2.74. The second kappa shape index (κ2) is 9.13. The Morgan fingerprint density at radius 3 is 2.21 bits per heavy atom. The van der Waals surface area contributed by atoms with Crippen LogP contribution in [-0.4, -0.2) is 23.1 Å². The van der Waals surface area contributed by atoms with Gasteiger partial charge in [0.15, 0.2) is 0 Å². The van der Waals surface area contributed by atoms with Crippen LogP contribution in [0.3, 0.4) is 0 Å². The van der Waals surface area contributed by atoms with Crippen molar-refractivity contribution in [2.45, 2.75) is 10.1 Å². The van der Waals surface area contributed by atoms with E-state index < -0.39 is 0 Å². The van der Waals surface area contributed by atoms with Gasteiger partial charge >= 0.3 is 0 Å². The van der Waals surface area contributed by atoms with Crippen molar-refractivity contribution in [2.75, 3.05) is 13.1 Å². The predicted molar refractivity (Wildman–Crippen MR) is 79.1 cm³/mol. The summed E-state index contributed by atoms with van der Waals surface area (Å²) in [4.78, 5) is 8.15. The molecule has 0 aliphatic rings. The van der Waals surface area contributed by atoms with Gasteiger partial charge in [0.2, 0.25) is 0 Å². The Morgan fingerprint density at radius 1 is 1.16 bits per heavy atom. The summed E-state index contributed by atoms with van der Waals surface area (Å²) in [5, 5.41) is 1.52. The average Bonchev–Trinajstić information content (AvgIpc) is 2.32. The quantitative estimate of drug-likeness (QED) is 0.603. The molecule has 9 heteroatoms. The van der Waals surface area contributed by atoms with Crippen LogP contribution in [0, 0.1) is 0 Å². The van der Waals surface area contributed by atoms with Gasteiger partial charge in [-0.05, 0) is 18.7 Å². The first-order valence-corrected chi connectivity index (χ1v) is 6.42. The number of nitrogens with one attached hydrogen (secondary N) is 1. The molecule has 0 aliphatic carbocycles. The van der Waals surface area contributed by atoms with Crippen molar-refractivity contribution >= 4 is 59.5 Å². The number of halogens is 2. The van der Waals surface area contributed by atoms with Crippen molar-refractivity contribution in [3.63, 3.8) is 0 Å². The fraction of sp³-hybridized carbons (Fsp3) is 0.200. The van der Waals surface area contributed by atoms with Crippen LogP contribution in [0.1, 0.15) is 0 Å². The fourth-order valence-electron chi connectivity index (χ4n) is 1.05. The number of hydrogen-bond acceptors (Lipinski definition) is 5. The third-order valence-electron chi connectivity index (χ3n) is 1.77. The maximum atomic E-state index is 6.33. The largest absolute Gasteiger partial charge is 0.760 e. The maximum absolute atomic E-state index is 6.33. The van der Waals surface area contributed by atoms with Gasteiger partial charge in [-0.2, -0.15) is 0 Å². The second-order valence-electron chi connectivity index (χ2n) is 3.13. The van der Waals surface area contributed by atoms with E-state index in [4.69, 9.17) is 59.9 Å². The molecule has 0 radical (unpaired) electrons. The van der Waals surface area contributed by atoms with Gasteiger partial charge in [-0.1, -0.05) is 33.3 Å². The molecule has 3 N–H and O–H groups in total. The summed E-state index contributed by atoms with van der Waals surface area (Å²) in [5.41, 5.74) is 12.3. The minimum atomic E-state index is 0. The van der Waals surface area contributed by atoms with Crippen molar-refractivity contribution in [1.82, 2.24) is 9.97 Å². The smallest absolute Gasteiger partial charge is 0.105 e. The molecular formula is C10H9Cl2N4S2Zn-3. The molecule has 1 heterocycles. The van der Waals surface area contributed by atoms with Crippen LogP contribution in [0.4, 0.5) is 0 Å². The zero-order valence-corrected chi connectivity index (χ0v) is 15.9. The monoisotopic (exact) mass is 383 g/mol. The topological polar surface area (TPSA) is 75.6 Å². The van der Waals surface area contributed by atoms with Gasteiger partial charge in [0.1, 0.15) is 5.52 Å². The van der Waals surface area contributed by atoms with E-state index in [1.807, 2.05) is 0 Å². The molecule has 0 unspecified atom stereocenters. The summed E-state index contributed by atoms with van der Waals surface area (Å²) in [7, 11) is 0. The maximum Gasteiger partial charge on any atom is 0.105 e. The van der Waals surface area contributed by atoms with Crippen LogP contribution in [0.5, 0.6) is 0 Å². The molecule has 0 aliphatic heterocycles. The molecule has 2 aromatic rings. The van der Waals surface area contributed by atoms with Crippen molar-refractivity contribution in [3.05, 3.63) is 27.9 Å². The summed E-state index contributed by atoms with van der Waals surface area (Å²) >= 11 is 21.5. The van der Waals surface area contributed by atoms with E-state index >= 15 is 0 Å². The fourth-order valence-corrected chi connectivity index (χ4v) is 1.86. The number of fused-ring (bicyclic) bond motifs is 1. The first kappa shape index (κ1) is 19.1. The standard InChI is InChI=1S/C8H4Cl2N2S2.C2H7N2.Zn/c9-3-1-4(10)6-5(2-3)11-7(13)8(14)12-6;3-1-2-4;/h1-2H,(H,11,13)(H,12,14);3H,1-2,4H2;/q;-1;/p-2. The van der Waals surface area contributed by atoms with Gasteiger partial charge in [-0.15, -0.1) is 6.54 Å². The molecule has 100 valence electrons. The zero-order valence-electron chi connectivity index (χ0n) is 9.82. The Hall–Kier alpha value is 0.123. The van der Waals surface area contributed by atoms with Crippen LogP contribution < -0.4 is 5.73 Å². The third kappa shape index (κ3) is 5.55. The van der Waals surface area contributed by atoms with Crippen molar-refractivity contribution in [1.29, 1.82) is 0 Å². The number of nitrogens with two attached hydrogens (primary N) is 1. The van der Waals surface area contributed by atoms with E-state index in [1.165, 1.54) is 0 Å². The summed E-state index contributed by atoms with van der Waals surface area (Å²) < 4.78 is 0. The molecule has 4 nitrogen and oxygen atoms in total. The van der Waals surface area contributed by atoms with Gasteiger partial charge in [0.25, 0.3) is 0 Å². The van der Waals surface area contributed by atoms with Crippen LogP contribution in [0.15, 0.2) is 22.2 Å². The minimum absolute atomic E-state index is 0. The molecule has 0 saturated heterocycles. The number of aromatic nitrogens is 2. The average molecular weight is 386 g/mol. The molecule has 0 bridgehead atoms. The Balaban J connectivity index is 0.000000576. The van der Waals surface area contributed by atoms with Crippen LogP contribution in [0.2, 0.25) is 10.0 Å². The van der Waals surface area contributed by atoms with Gasteiger partial charge in [0, 0.05) is 24.5 Å². The summed E-state index contributed by atoms with van der Waals surface area (Å²) in [5.74, 6) is 0. The van der Waals surface area contributed by atoms with Gasteiger partial charge in [0.05, 0.1) is 10.5 Å². The molecule has 0 amide bonds. The van der Waals surface area contributed by atoms with Gasteiger partial charge in [-0.3, -0.25) is 9.97 Å². The van der Waals surface area contributed by atoms with E-state index in [-0.39, 0.29) is 24.5 Å². The molecule has 0 atom stereocenters. The SMILES string of the molecule is [NH-]CCN.[S-]c1nc2cc(Cl)cc(Cl)c2nc1[S-].[Zn]. The summed E-state index contributed by atoms with van der Waals surface area (Å²) in [6.07, 6.45) is 0. The molecule has 0 saturated carbocycles. The summed E-state index contributed by atoms with van der Waals surface area (Å²) in [6, 6.07) is 3.25. The number of benzene rings is 1. The summed E-state index contributed by atoms with van der Waals surface area (Å²) in [6.45, 7) is 0.833. The van der Waals surface area contributed by atoms with Gasteiger partial charge in [-0.25, -0.2) is 0 Å². The Labute approximate surface area is 145 Å². The minimum Gasteiger partial charge on any atom is -0.760 e. The van der Waals surface area contributed by atoms with Crippen LogP contribution in [0.25, 0.3) is 16.8 Å². The van der Waals surface area contributed by atoms with Crippen molar-refractivity contribution in [2.24, 2.45) is 5.73 Å². The number of nitrogens with zero attached hydrogens (tertiary/aromatic N) is 2. The normalized spacial score (nSPS) is 9.47. The van der Waals surface area contributed by atoms with Gasteiger partial charge < -0.3 is 36.7 Å². The van der Waals surface area contributed by atoms with E-state index in [1.54, 1.807) is 12.1 Å². The Kier molecular flexibility index (Phi) is 9.19. The van der Waals surface area contributed by atoms with E-state index in [0.717, 1.165) is 0 Å². The Morgan fingerprint density at radius 2 is 1.68 bits per heavy atom. The van der Waals surface area contributed by atoms with Crippen molar-refractivity contribution in [3.8, 4) is 0 Å². The van der Waals surface area contributed by atoms with E-state index in [0.29, 0.717) is 39.2 Å². The zero-order chi connectivity index (χ0) is 13.7. The Bertz CT molecular complexity index is 555. The molecule has 19 heavy (non-hydrogen) atoms. The second-order valence-corrected chi connectivity index (χ2v) is 4.74. The number of hydrogen-bond donors (Lipinski definition) is 1. The van der Waals surface area contributed by atoms with Crippen molar-refractivity contribution < 1.29 is 19.5 Å². The molecule has 0 fully saturated rings. The molecule has 0 spiro atoms. The van der Waals surface area contributed by atoms with E-state index in [9.17, 15) is 0 Å². The molecular weight excluding hydrogens is 377 g/mol. The van der Waals surface area contributed by atoms with Crippen LogP contribution >= 0.6 is 23.2 Å². The third-order valence-corrected chi connectivity index (χ3v) is 2.98. The van der Waals surface area contributed by atoms with Crippen LogP contribution in [-0.2, 0) is 44.7 Å². The molecule has 1 aromatic carbocycles. The first-order chi connectivity index (χ1) is 8.49.